The molecule has 0 aromatic heterocycles. The van der Waals surface area contributed by atoms with Gasteiger partial charge in [0.05, 0.1) is 5.36 Å². The summed E-state index contributed by atoms with van der Waals surface area (Å²) < 4.78 is 0. The first-order valence-electron chi connectivity index (χ1n) is 9.38. The molecule has 2 heterocycles. The van der Waals surface area contributed by atoms with Gasteiger partial charge in [-0.25, -0.2) is 5.01 Å². The van der Waals surface area contributed by atoms with Gasteiger partial charge in [-0.15, -0.1) is 5.10 Å². The van der Waals surface area contributed by atoms with Gasteiger partial charge in [-0.05, 0) is 17.2 Å². The third kappa shape index (κ3) is 3.43. The van der Waals surface area contributed by atoms with E-state index in [0.29, 0.717) is 10.9 Å². The largest absolute Gasteiger partial charge is 0.298 e. The van der Waals surface area contributed by atoms with Crippen LogP contribution in [0.15, 0.2) is 95.0 Å². The van der Waals surface area contributed by atoms with E-state index in [1.807, 2.05) is 72.8 Å². The maximum atomic E-state index is 13.1. The molecule has 0 bridgehead atoms. The standard InChI is InChI=1S/C23H18N4OS/c28-22-20-18-13-7-8-14-19(18)24-21(17-11-5-2-6-12-17)27(20)26-23(25-22)29-15-16-9-3-1-4-10-16/h1-14,21H,15H2,(H,25,26,28)/t21-/m0/s1. The Bertz CT molecular complexity index is 1210. The highest BCUT2D eigenvalue weighted by Crippen LogP contribution is 2.30. The molecule has 0 fully saturated rings. The number of rotatable bonds is 3. The SMILES string of the molecule is O=C1NC(SCc2ccccc2)=NN2C1=c1ccccc1=N[C@@H]2c1ccccc1. The molecule has 0 unspecified atom stereocenters. The average molecular weight is 398 g/mol. The molecule has 5 nitrogen and oxygen atoms in total. The molecule has 142 valence electrons. The molecule has 0 spiro atoms. The molecule has 0 saturated carbocycles. The maximum absolute atomic E-state index is 13.1. The Morgan fingerprint density at radius 3 is 2.38 bits per heavy atom. The van der Waals surface area contributed by atoms with E-state index in [4.69, 9.17) is 10.1 Å². The van der Waals surface area contributed by atoms with Gasteiger partial charge in [-0.3, -0.25) is 15.1 Å². The molecule has 6 heteroatoms. The Hall–Kier alpha value is -3.38. The summed E-state index contributed by atoms with van der Waals surface area (Å²) in [6.45, 7) is 0. The van der Waals surface area contributed by atoms with E-state index in [-0.39, 0.29) is 12.1 Å². The quantitative estimate of drug-likeness (QED) is 0.738. The number of amidine groups is 1. The molecule has 5 rings (SSSR count). The van der Waals surface area contributed by atoms with Crippen LogP contribution in [0.25, 0.3) is 5.70 Å². The second-order valence-electron chi connectivity index (χ2n) is 6.76. The zero-order valence-electron chi connectivity index (χ0n) is 15.5. The molecule has 1 N–H and O–H groups in total. The Kier molecular flexibility index (Phi) is 4.62. The number of benzene rings is 3. The first kappa shape index (κ1) is 17.7. The lowest BCUT2D eigenvalue weighted by atomic mass is 10.1. The lowest BCUT2D eigenvalue weighted by Crippen LogP contribution is -2.50. The number of nitrogens with one attached hydrogen (secondary N) is 1. The summed E-state index contributed by atoms with van der Waals surface area (Å²) in [6.07, 6.45) is -0.375. The average Bonchev–Trinajstić information content (AvgIpc) is 2.78. The van der Waals surface area contributed by atoms with Crippen molar-refractivity contribution in [1.82, 2.24) is 10.3 Å². The topological polar surface area (TPSA) is 57.1 Å². The van der Waals surface area contributed by atoms with Crippen LogP contribution in [0.4, 0.5) is 0 Å². The van der Waals surface area contributed by atoms with Crippen molar-refractivity contribution in [2.24, 2.45) is 10.1 Å². The Morgan fingerprint density at radius 2 is 1.59 bits per heavy atom. The number of carbonyl (C=O) groups excluding carboxylic acids is 1. The first-order chi connectivity index (χ1) is 14.3. The van der Waals surface area contributed by atoms with Gasteiger partial charge < -0.3 is 0 Å². The molecule has 0 saturated heterocycles. The van der Waals surface area contributed by atoms with Crippen LogP contribution in [0, 0.1) is 0 Å². The van der Waals surface area contributed by atoms with Gasteiger partial charge in [0, 0.05) is 11.0 Å². The second-order valence-corrected chi connectivity index (χ2v) is 7.72. The van der Waals surface area contributed by atoms with E-state index in [0.717, 1.165) is 21.9 Å². The van der Waals surface area contributed by atoms with Crippen molar-refractivity contribution in [3.05, 3.63) is 107 Å². The normalized spacial score (nSPS) is 17.6. The minimum atomic E-state index is -0.375. The van der Waals surface area contributed by atoms with Crippen LogP contribution >= 0.6 is 11.8 Å². The fourth-order valence-corrected chi connectivity index (χ4v) is 4.27. The van der Waals surface area contributed by atoms with Crippen molar-refractivity contribution in [3.63, 3.8) is 0 Å². The van der Waals surface area contributed by atoms with Crippen molar-refractivity contribution in [2.75, 3.05) is 0 Å². The molecule has 1 amide bonds. The van der Waals surface area contributed by atoms with E-state index in [1.54, 1.807) is 5.01 Å². The van der Waals surface area contributed by atoms with Gasteiger partial charge in [0.15, 0.2) is 11.3 Å². The minimum absolute atomic E-state index is 0.154. The van der Waals surface area contributed by atoms with Gasteiger partial charge in [-0.1, -0.05) is 90.6 Å². The predicted octanol–water partition coefficient (Wildman–Crippen LogP) is 2.76. The zero-order chi connectivity index (χ0) is 19.6. The summed E-state index contributed by atoms with van der Waals surface area (Å²) >= 11 is 1.51. The van der Waals surface area contributed by atoms with Gasteiger partial charge in [0.1, 0.15) is 5.70 Å². The molecule has 29 heavy (non-hydrogen) atoms. The zero-order valence-corrected chi connectivity index (χ0v) is 16.3. The van der Waals surface area contributed by atoms with Crippen LogP contribution in [0.1, 0.15) is 17.3 Å². The van der Waals surface area contributed by atoms with Crippen molar-refractivity contribution >= 4 is 28.5 Å². The first-order valence-corrected chi connectivity index (χ1v) is 10.4. The molecular formula is C23H18N4OS. The van der Waals surface area contributed by atoms with Crippen LogP contribution in [0.2, 0.25) is 0 Å². The van der Waals surface area contributed by atoms with Crippen molar-refractivity contribution in [3.8, 4) is 0 Å². The lowest BCUT2D eigenvalue weighted by molar-refractivity contribution is -0.116. The number of thioether (sulfide) groups is 1. The maximum Gasteiger partial charge on any atom is 0.276 e. The third-order valence-electron chi connectivity index (χ3n) is 4.83. The summed E-state index contributed by atoms with van der Waals surface area (Å²) in [7, 11) is 0. The van der Waals surface area contributed by atoms with E-state index < -0.39 is 0 Å². The highest BCUT2D eigenvalue weighted by atomic mass is 32.2. The van der Waals surface area contributed by atoms with Gasteiger partial charge in [-0.2, -0.15) is 0 Å². The number of nitrogens with zero attached hydrogens (tertiary/aromatic N) is 3. The van der Waals surface area contributed by atoms with Crippen LogP contribution < -0.4 is 15.9 Å². The summed E-state index contributed by atoms with van der Waals surface area (Å²) in [5, 5.41) is 11.7. The minimum Gasteiger partial charge on any atom is -0.298 e. The Morgan fingerprint density at radius 1 is 0.897 bits per heavy atom. The van der Waals surface area contributed by atoms with Crippen LogP contribution in [-0.2, 0) is 10.5 Å². The fourth-order valence-electron chi connectivity index (χ4n) is 3.46. The van der Waals surface area contributed by atoms with Crippen LogP contribution in [0.5, 0.6) is 0 Å². The Balaban J connectivity index is 1.57. The lowest BCUT2D eigenvalue weighted by Gasteiger charge is -2.34. The number of carbonyl (C=O) groups is 1. The number of hydrogen-bond donors (Lipinski definition) is 1. The molecular weight excluding hydrogens is 380 g/mol. The predicted molar refractivity (Wildman–Crippen MR) is 115 cm³/mol. The van der Waals surface area contributed by atoms with Crippen molar-refractivity contribution in [2.45, 2.75) is 11.9 Å². The van der Waals surface area contributed by atoms with E-state index in [9.17, 15) is 4.79 Å². The fraction of sp³-hybridized carbons (Fsp3) is 0.0870. The van der Waals surface area contributed by atoms with Gasteiger partial charge >= 0.3 is 0 Å². The number of hydrogen-bond acceptors (Lipinski definition) is 5. The summed E-state index contributed by atoms with van der Waals surface area (Å²) in [5.41, 5.74) is 2.70. The van der Waals surface area contributed by atoms with Gasteiger partial charge in [0.2, 0.25) is 0 Å². The highest BCUT2D eigenvalue weighted by Gasteiger charge is 2.34. The molecule has 2 aliphatic rings. The second kappa shape index (κ2) is 7.56. The third-order valence-corrected chi connectivity index (χ3v) is 5.77. The van der Waals surface area contributed by atoms with E-state index >= 15 is 0 Å². The van der Waals surface area contributed by atoms with Gasteiger partial charge in [0.25, 0.3) is 5.91 Å². The molecule has 0 radical (unpaired) electrons. The summed E-state index contributed by atoms with van der Waals surface area (Å²) in [6, 6.07) is 27.8. The molecule has 3 aromatic carbocycles. The Labute approximate surface area is 172 Å². The summed E-state index contributed by atoms with van der Waals surface area (Å²) in [4.78, 5) is 18.0. The number of para-hydroxylation sites is 1. The monoisotopic (exact) mass is 398 g/mol. The summed E-state index contributed by atoms with van der Waals surface area (Å²) in [5.74, 6) is 0.575. The highest BCUT2D eigenvalue weighted by molar-refractivity contribution is 8.13. The van der Waals surface area contributed by atoms with E-state index in [2.05, 4.69) is 17.4 Å². The molecule has 3 aromatic rings. The number of amides is 1. The molecule has 0 aliphatic carbocycles. The van der Waals surface area contributed by atoms with Crippen molar-refractivity contribution in [1.29, 1.82) is 0 Å². The number of fused-ring (bicyclic) bond motifs is 2. The molecule has 2 aliphatic heterocycles. The molecule has 1 atom stereocenters. The van der Waals surface area contributed by atoms with E-state index in [1.165, 1.54) is 17.3 Å². The van der Waals surface area contributed by atoms with Crippen LogP contribution in [-0.4, -0.2) is 16.1 Å². The van der Waals surface area contributed by atoms with Crippen molar-refractivity contribution < 1.29 is 4.79 Å². The van der Waals surface area contributed by atoms with Crippen LogP contribution in [0.3, 0.4) is 0 Å². The number of hydrazone groups is 1. The smallest absolute Gasteiger partial charge is 0.276 e.